The van der Waals surface area contributed by atoms with Gasteiger partial charge in [-0.3, -0.25) is 9.59 Å². The molecule has 1 amide bonds. The van der Waals surface area contributed by atoms with Crippen LogP contribution in [0.2, 0.25) is 0 Å². The van der Waals surface area contributed by atoms with Gasteiger partial charge in [-0.05, 0) is 51.4 Å². The second-order valence-electron chi connectivity index (χ2n) is 16.8. The lowest BCUT2D eigenvalue weighted by Gasteiger charge is -2.22. The van der Waals surface area contributed by atoms with Gasteiger partial charge in [-0.2, -0.15) is 0 Å². The summed E-state index contributed by atoms with van der Waals surface area (Å²) >= 11 is 0. The van der Waals surface area contributed by atoms with E-state index in [-0.39, 0.29) is 18.5 Å². The van der Waals surface area contributed by atoms with Crippen molar-refractivity contribution in [2.24, 2.45) is 0 Å². The van der Waals surface area contributed by atoms with E-state index in [0.29, 0.717) is 25.9 Å². The molecular formula is C49H95NO5. The van der Waals surface area contributed by atoms with Gasteiger partial charge in [-0.15, -0.1) is 0 Å². The fourth-order valence-corrected chi connectivity index (χ4v) is 7.51. The summed E-state index contributed by atoms with van der Waals surface area (Å²) in [7, 11) is 0. The second kappa shape index (κ2) is 45.3. The van der Waals surface area contributed by atoms with Crippen molar-refractivity contribution in [1.29, 1.82) is 0 Å². The number of amides is 1. The van der Waals surface area contributed by atoms with Gasteiger partial charge in [0.05, 0.1) is 25.4 Å². The van der Waals surface area contributed by atoms with E-state index in [9.17, 15) is 19.8 Å². The monoisotopic (exact) mass is 778 g/mol. The maximum atomic E-state index is 12.4. The van der Waals surface area contributed by atoms with Gasteiger partial charge in [0, 0.05) is 12.8 Å². The lowest BCUT2D eigenvalue weighted by atomic mass is 10.0. The Kier molecular flexibility index (Phi) is 44.2. The summed E-state index contributed by atoms with van der Waals surface area (Å²) in [4.78, 5) is 24.4. The molecule has 0 aromatic carbocycles. The van der Waals surface area contributed by atoms with Crippen molar-refractivity contribution in [3.8, 4) is 0 Å². The van der Waals surface area contributed by atoms with Crippen LogP contribution in [0, 0.1) is 0 Å². The first-order chi connectivity index (χ1) is 27.0. The molecule has 0 rings (SSSR count). The number of ether oxygens (including phenoxy) is 1. The molecule has 0 heterocycles. The van der Waals surface area contributed by atoms with Gasteiger partial charge < -0.3 is 20.3 Å². The third kappa shape index (κ3) is 42.0. The molecule has 2 atom stereocenters. The molecule has 0 aliphatic carbocycles. The third-order valence-corrected chi connectivity index (χ3v) is 11.3. The van der Waals surface area contributed by atoms with Crippen LogP contribution in [0.1, 0.15) is 264 Å². The molecule has 0 saturated heterocycles. The normalized spacial score (nSPS) is 12.7. The number of nitrogens with one attached hydrogen (secondary N) is 1. The summed E-state index contributed by atoms with van der Waals surface area (Å²) in [6, 6.07) is -0.550. The van der Waals surface area contributed by atoms with Crippen molar-refractivity contribution in [2.75, 3.05) is 13.2 Å². The zero-order valence-corrected chi connectivity index (χ0v) is 36.9. The molecule has 0 fully saturated rings. The Morgan fingerprint density at radius 3 is 1.29 bits per heavy atom. The molecule has 0 aromatic heterocycles. The van der Waals surface area contributed by atoms with Gasteiger partial charge in [0.25, 0.3) is 0 Å². The summed E-state index contributed by atoms with van der Waals surface area (Å²) in [6.45, 7) is 4.90. The Morgan fingerprint density at radius 2 is 0.855 bits per heavy atom. The Bertz CT molecular complexity index is 817. The standard InChI is InChI=1S/C49H95NO5/c1-3-5-7-9-11-13-15-23-27-31-35-39-43-49(54)55-44-40-36-32-28-24-20-18-16-17-19-22-26-30-34-38-42-48(53)50-46(45-51)47(52)41-37-33-29-25-21-14-12-10-8-6-4-2/h18,20,46-47,51-52H,3-17,19,21-45H2,1-2H3,(H,50,53)/b20-18-. The highest BCUT2D eigenvalue weighted by Crippen LogP contribution is 2.16. The fraction of sp³-hybridized carbons (Fsp3) is 0.918. The molecule has 2 unspecified atom stereocenters. The van der Waals surface area contributed by atoms with Crippen molar-refractivity contribution >= 4 is 11.9 Å². The van der Waals surface area contributed by atoms with Crippen molar-refractivity contribution < 1.29 is 24.5 Å². The molecule has 0 aliphatic heterocycles. The maximum absolute atomic E-state index is 12.4. The summed E-state index contributed by atoms with van der Waals surface area (Å²) in [5, 5.41) is 23.1. The highest BCUT2D eigenvalue weighted by Gasteiger charge is 2.20. The molecule has 3 N–H and O–H groups in total. The number of carbonyl (C=O) groups excluding carboxylic acids is 2. The fourth-order valence-electron chi connectivity index (χ4n) is 7.51. The predicted molar refractivity (Wildman–Crippen MR) is 237 cm³/mol. The molecule has 0 bridgehead atoms. The summed E-state index contributed by atoms with van der Waals surface area (Å²) in [5.74, 6) is -0.0608. The third-order valence-electron chi connectivity index (χ3n) is 11.3. The number of rotatable bonds is 45. The van der Waals surface area contributed by atoms with E-state index in [0.717, 1.165) is 70.6 Å². The van der Waals surface area contributed by atoms with E-state index in [1.807, 2.05) is 0 Å². The van der Waals surface area contributed by atoms with Gasteiger partial charge in [-0.25, -0.2) is 0 Å². The van der Waals surface area contributed by atoms with Gasteiger partial charge in [0.1, 0.15) is 0 Å². The Morgan fingerprint density at radius 1 is 0.491 bits per heavy atom. The van der Waals surface area contributed by atoms with Crippen LogP contribution in [0.25, 0.3) is 0 Å². The number of hydrogen-bond acceptors (Lipinski definition) is 5. The molecule has 6 nitrogen and oxygen atoms in total. The zero-order valence-electron chi connectivity index (χ0n) is 36.9. The summed E-state index contributed by atoms with van der Waals surface area (Å²) < 4.78 is 5.44. The van der Waals surface area contributed by atoms with Gasteiger partial charge in [0.2, 0.25) is 5.91 Å². The predicted octanol–water partition coefficient (Wildman–Crippen LogP) is 14.2. The number of aliphatic hydroxyl groups excluding tert-OH is 2. The largest absolute Gasteiger partial charge is 0.466 e. The summed E-state index contributed by atoms with van der Waals surface area (Å²) in [6.07, 6.45) is 50.3. The van der Waals surface area contributed by atoms with Crippen LogP contribution in [0.5, 0.6) is 0 Å². The number of carbonyl (C=O) groups is 2. The first kappa shape index (κ1) is 53.6. The Balaban J connectivity index is 3.47. The van der Waals surface area contributed by atoms with E-state index in [2.05, 4.69) is 31.3 Å². The minimum atomic E-state index is -0.671. The first-order valence-corrected chi connectivity index (χ1v) is 24.4. The van der Waals surface area contributed by atoms with Crippen LogP contribution in [-0.4, -0.2) is 47.4 Å². The van der Waals surface area contributed by atoms with E-state index in [1.54, 1.807) is 0 Å². The first-order valence-electron chi connectivity index (χ1n) is 24.4. The van der Waals surface area contributed by atoms with Crippen LogP contribution in [0.15, 0.2) is 12.2 Å². The van der Waals surface area contributed by atoms with Crippen LogP contribution in [0.3, 0.4) is 0 Å². The molecule has 0 radical (unpaired) electrons. The molecule has 0 saturated carbocycles. The SMILES string of the molecule is CCCCCCCCCCCCCCC(=O)OCCCCCC/C=C\CCCCCCCCCC(=O)NC(CO)C(O)CCCCCCCCCCCCC. The minimum Gasteiger partial charge on any atom is -0.466 e. The lowest BCUT2D eigenvalue weighted by molar-refractivity contribution is -0.143. The molecular weight excluding hydrogens is 683 g/mol. The van der Waals surface area contributed by atoms with Crippen molar-refractivity contribution in [1.82, 2.24) is 5.32 Å². The molecule has 326 valence electrons. The van der Waals surface area contributed by atoms with Crippen LogP contribution < -0.4 is 5.32 Å². The minimum absolute atomic E-state index is 0.00963. The average molecular weight is 778 g/mol. The average Bonchev–Trinajstić information content (AvgIpc) is 3.18. The highest BCUT2D eigenvalue weighted by molar-refractivity contribution is 5.76. The number of hydrogen-bond donors (Lipinski definition) is 3. The van der Waals surface area contributed by atoms with E-state index < -0.39 is 12.1 Å². The van der Waals surface area contributed by atoms with Crippen molar-refractivity contribution in [2.45, 2.75) is 276 Å². The highest BCUT2D eigenvalue weighted by atomic mass is 16.5. The van der Waals surface area contributed by atoms with E-state index in [4.69, 9.17) is 4.74 Å². The Hall–Kier alpha value is -1.40. The maximum Gasteiger partial charge on any atom is 0.305 e. The lowest BCUT2D eigenvalue weighted by Crippen LogP contribution is -2.45. The van der Waals surface area contributed by atoms with E-state index >= 15 is 0 Å². The van der Waals surface area contributed by atoms with E-state index in [1.165, 1.54) is 161 Å². The number of unbranched alkanes of at least 4 members (excludes halogenated alkanes) is 32. The molecule has 0 spiro atoms. The Labute approximate surface area is 342 Å². The summed E-state index contributed by atoms with van der Waals surface area (Å²) in [5.41, 5.74) is 0. The molecule has 0 aliphatic rings. The van der Waals surface area contributed by atoms with Crippen molar-refractivity contribution in [3.05, 3.63) is 12.2 Å². The quantitative estimate of drug-likeness (QED) is 0.0325. The van der Waals surface area contributed by atoms with Gasteiger partial charge >= 0.3 is 5.97 Å². The number of aliphatic hydroxyl groups is 2. The zero-order chi connectivity index (χ0) is 40.1. The number of esters is 1. The molecule has 0 aromatic rings. The molecule has 6 heteroatoms. The van der Waals surface area contributed by atoms with Gasteiger partial charge in [-0.1, -0.05) is 212 Å². The van der Waals surface area contributed by atoms with Crippen LogP contribution >= 0.6 is 0 Å². The van der Waals surface area contributed by atoms with Crippen LogP contribution in [0.4, 0.5) is 0 Å². The topological polar surface area (TPSA) is 95.9 Å². The van der Waals surface area contributed by atoms with Crippen molar-refractivity contribution in [3.63, 3.8) is 0 Å². The second-order valence-corrected chi connectivity index (χ2v) is 16.8. The van der Waals surface area contributed by atoms with Gasteiger partial charge in [0.15, 0.2) is 0 Å². The number of allylic oxidation sites excluding steroid dienone is 2. The smallest absolute Gasteiger partial charge is 0.305 e. The molecule has 55 heavy (non-hydrogen) atoms. The van der Waals surface area contributed by atoms with Crippen LogP contribution in [-0.2, 0) is 14.3 Å².